The van der Waals surface area contributed by atoms with Gasteiger partial charge in [0.25, 0.3) is 0 Å². The maximum atomic E-state index is 13.3. The molecule has 1 rings (SSSR count). The second-order valence-corrected chi connectivity index (χ2v) is 4.59. The Morgan fingerprint density at radius 1 is 1.50 bits per heavy atom. The van der Waals surface area contributed by atoms with Gasteiger partial charge in [-0.15, -0.1) is 0 Å². The van der Waals surface area contributed by atoms with Crippen molar-refractivity contribution < 1.29 is 9.31 Å². The average Bonchev–Trinajstić information content (AvgIpc) is 2.16. The molecular weight excluding hydrogens is 211 g/mol. The highest BCUT2D eigenvalue weighted by atomic mass is 19.1. The number of nitrogens with zero attached hydrogens (tertiary/aromatic N) is 1. The summed E-state index contributed by atoms with van der Waals surface area (Å²) in [5.74, 6) is -0.796. The molecule has 0 bridgehead atoms. The predicted molar refractivity (Wildman–Crippen MR) is 59.6 cm³/mol. The average molecular weight is 226 g/mol. The third-order valence-electron chi connectivity index (χ3n) is 2.44. The minimum absolute atomic E-state index is 0.136. The van der Waals surface area contributed by atoms with Gasteiger partial charge in [-0.25, -0.2) is 0 Å². The van der Waals surface area contributed by atoms with E-state index in [0.29, 0.717) is 13.0 Å². The molecule has 0 heterocycles. The summed E-state index contributed by atoms with van der Waals surface area (Å²) in [4.78, 5) is 9.69. The van der Waals surface area contributed by atoms with Crippen LogP contribution in [0.3, 0.4) is 0 Å². The molecule has 0 aromatic heterocycles. The molecule has 1 aromatic carbocycles. The van der Waals surface area contributed by atoms with Crippen molar-refractivity contribution in [2.45, 2.75) is 20.3 Å². The van der Waals surface area contributed by atoms with E-state index in [2.05, 4.69) is 0 Å². The predicted octanol–water partition coefficient (Wildman–Crippen LogP) is 2.26. The normalized spacial score (nSPS) is 11.5. The summed E-state index contributed by atoms with van der Waals surface area (Å²) in [6, 6.07) is 3.96. The third kappa shape index (κ3) is 3.00. The lowest BCUT2D eigenvalue weighted by Crippen LogP contribution is -2.25. The second-order valence-electron chi connectivity index (χ2n) is 4.59. The van der Waals surface area contributed by atoms with Crippen molar-refractivity contribution in [2.24, 2.45) is 11.1 Å². The molecular formula is C11H15FN2O2. The minimum Gasteiger partial charge on any atom is -0.330 e. The van der Waals surface area contributed by atoms with Gasteiger partial charge in [0.1, 0.15) is 0 Å². The van der Waals surface area contributed by atoms with Gasteiger partial charge in [0.05, 0.1) is 4.92 Å². The molecule has 0 aliphatic heterocycles. The SMILES string of the molecule is CC(C)(CN)Cc1ccc([N+](=O)[O-])c(F)c1. The second kappa shape index (κ2) is 4.57. The summed E-state index contributed by atoms with van der Waals surface area (Å²) < 4.78 is 13.3. The highest BCUT2D eigenvalue weighted by Gasteiger charge is 2.19. The van der Waals surface area contributed by atoms with Crippen molar-refractivity contribution in [2.75, 3.05) is 6.54 Å². The lowest BCUT2D eigenvalue weighted by Gasteiger charge is -2.22. The topological polar surface area (TPSA) is 69.2 Å². The van der Waals surface area contributed by atoms with E-state index in [9.17, 15) is 14.5 Å². The van der Waals surface area contributed by atoms with Crippen molar-refractivity contribution in [1.82, 2.24) is 0 Å². The van der Waals surface area contributed by atoms with Gasteiger partial charge in [0.2, 0.25) is 5.82 Å². The Morgan fingerprint density at radius 2 is 2.12 bits per heavy atom. The van der Waals surface area contributed by atoms with Crippen LogP contribution in [0.1, 0.15) is 19.4 Å². The Labute approximate surface area is 93.4 Å². The molecule has 1 aromatic rings. The summed E-state index contributed by atoms with van der Waals surface area (Å²) in [6.07, 6.45) is 0.596. The first kappa shape index (κ1) is 12.6. The van der Waals surface area contributed by atoms with Gasteiger partial charge in [-0.2, -0.15) is 4.39 Å². The lowest BCUT2D eigenvalue weighted by molar-refractivity contribution is -0.387. The van der Waals surface area contributed by atoms with Gasteiger partial charge in [0, 0.05) is 6.07 Å². The van der Waals surface area contributed by atoms with Crippen LogP contribution >= 0.6 is 0 Å². The molecule has 0 fully saturated rings. The van der Waals surface area contributed by atoms with Crippen LogP contribution in [0, 0.1) is 21.3 Å². The zero-order valence-corrected chi connectivity index (χ0v) is 9.37. The number of nitro groups is 1. The highest BCUT2D eigenvalue weighted by molar-refractivity contribution is 5.35. The van der Waals surface area contributed by atoms with Crippen molar-refractivity contribution >= 4 is 5.69 Å². The van der Waals surface area contributed by atoms with Gasteiger partial charge in [0.15, 0.2) is 0 Å². The minimum atomic E-state index is -0.796. The number of halogens is 1. The fraction of sp³-hybridized carbons (Fsp3) is 0.455. The van der Waals surface area contributed by atoms with Crippen LogP contribution in [-0.2, 0) is 6.42 Å². The Balaban J connectivity index is 2.94. The molecule has 5 heteroatoms. The Bertz CT molecular complexity index is 405. The molecule has 2 N–H and O–H groups in total. The number of rotatable bonds is 4. The zero-order valence-electron chi connectivity index (χ0n) is 9.37. The first-order chi connectivity index (χ1) is 7.35. The first-order valence-electron chi connectivity index (χ1n) is 4.98. The molecule has 0 unspecified atom stereocenters. The molecule has 4 nitrogen and oxygen atoms in total. The van der Waals surface area contributed by atoms with Crippen molar-refractivity contribution in [3.05, 3.63) is 39.7 Å². The van der Waals surface area contributed by atoms with Gasteiger partial charge in [-0.05, 0) is 30.0 Å². The monoisotopic (exact) mass is 226 g/mol. The molecule has 0 atom stereocenters. The highest BCUT2D eigenvalue weighted by Crippen LogP contribution is 2.24. The number of hydrogen-bond donors (Lipinski definition) is 1. The van der Waals surface area contributed by atoms with Crippen LogP contribution in [-0.4, -0.2) is 11.5 Å². The summed E-state index contributed by atoms with van der Waals surface area (Å²) in [7, 11) is 0. The van der Waals surface area contributed by atoms with Crippen LogP contribution in [0.5, 0.6) is 0 Å². The van der Waals surface area contributed by atoms with Crippen LogP contribution in [0.25, 0.3) is 0 Å². The van der Waals surface area contributed by atoms with E-state index in [1.165, 1.54) is 12.1 Å². The first-order valence-corrected chi connectivity index (χ1v) is 4.98. The Morgan fingerprint density at radius 3 is 2.56 bits per heavy atom. The molecule has 0 aliphatic rings. The smallest absolute Gasteiger partial charge is 0.304 e. The van der Waals surface area contributed by atoms with Crippen LogP contribution in [0.15, 0.2) is 18.2 Å². The van der Waals surface area contributed by atoms with E-state index in [4.69, 9.17) is 5.73 Å². The van der Waals surface area contributed by atoms with Crippen LogP contribution in [0.2, 0.25) is 0 Å². The van der Waals surface area contributed by atoms with Crippen molar-refractivity contribution in [3.63, 3.8) is 0 Å². The standard InChI is InChI=1S/C11H15FN2O2/c1-11(2,7-13)6-8-3-4-10(14(15)16)9(12)5-8/h3-5H,6-7,13H2,1-2H3. The van der Waals surface area contributed by atoms with Gasteiger partial charge >= 0.3 is 5.69 Å². The van der Waals surface area contributed by atoms with Crippen LogP contribution < -0.4 is 5.73 Å². The molecule has 16 heavy (non-hydrogen) atoms. The summed E-state index contributed by atoms with van der Waals surface area (Å²) in [6.45, 7) is 4.41. The molecule has 88 valence electrons. The third-order valence-corrected chi connectivity index (χ3v) is 2.44. The van der Waals surface area contributed by atoms with Gasteiger partial charge in [-0.1, -0.05) is 19.9 Å². The number of nitrogens with two attached hydrogens (primary N) is 1. The maximum Gasteiger partial charge on any atom is 0.304 e. The largest absolute Gasteiger partial charge is 0.330 e. The summed E-state index contributed by atoms with van der Waals surface area (Å²) >= 11 is 0. The van der Waals surface area contributed by atoms with E-state index < -0.39 is 16.4 Å². The zero-order chi connectivity index (χ0) is 12.3. The van der Waals surface area contributed by atoms with Crippen molar-refractivity contribution in [3.8, 4) is 0 Å². The van der Waals surface area contributed by atoms with E-state index in [-0.39, 0.29) is 5.41 Å². The van der Waals surface area contributed by atoms with Crippen molar-refractivity contribution in [1.29, 1.82) is 0 Å². The number of nitro benzene ring substituents is 1. The quantitative estimate of drug-likeness (QED) is 0.632. The fourth-order valence-corrected chi connectivity index (χ4v) is 1.43. The molecule has 0 saturated carbocycles. The molecule has 0 aliphatic carbocycles. The maximum absolute atomic E-state index is 13.3. The molecule has 0 radical (unpaired) electrons. The van der Waals surface area contributed by atoms with E-state index in [1.807, 2.05) is 13.8 Å². The molecule has 0 amide bonds. The molecule has 0 saturated heterocycles. The molecule has 0 spiro atoms. The van der Waals surface area contributed by atoms with E-state index >= 15 is 0 Å². The number of benzene rings is 1. The Hall–Kier alpha value is -1.49. The number of hydrogen-bond acceptors (Lipinski definition) is 3. The Kier molecular flexibility index (Phi) is 3.59. The summed E-state index contributed by atoms with van der Waals surface area (Å²) in [5, 5.41) is 10.4. The van der Waals surface area contributed by atoms with Gasteiger partial charge in [-0.3, -0.25) is 10.1 Å². The fourth-order valence-electron chi connectivity index (χ4n) is 1.43. The van der Waals surface area contributed by atoms with Crippen LogP contribution in [0.4, 0.5) is 10.1 Å². The van der Waals surface area contributed by atoms with E-state index in [1.54, 1.807) is 6.07 Å². The van der Waals surface area contributed by atoms with E-state index in [0.717, 1.165) is 5.56 Å². The van der Waals surface area contributed by atoms with Gasteiger partial charge < -0.3 is 5.73 Å². The summed E-state index contributed by atoms with van der Waals surface area (Å²) in [5.41, 5.74) is 5.66. The lowest BCUT2D eigenvalue weighted by atomic mass is 9.86.